The number of hydrogen-bond donors (Lipinski definition) is 2. The van der Waals surface area contributed by atoms with Gasteiger partial charge in [-0.2, -0.15) is 0 Å². The molecule has 1 aliphatic carbocycles. The molecule has 2 heterocycles. The Morgan fingerprint density at radius 3 is 2.70 bits per heavy atom. The maximum Gasteiger partial charge on any atom is 0.253 e. The van der Waals surface area contributed by atoms with Crippen LogP contribution in [0, 0.1) is 13.8 Å². The number of rotatable bonds is 5. The van der Waals surface area contributed by atoms with Crippen LogP contribution in [0.5, 0.6) is 0 Å². The number of H-pyrrole nitrogens is 1. The molecule has 0 bridgehead atoms. The van der Waals surface area contributed by atoms with E-state index in [0.717, 1.165) is 53.1 Å². The Hall–Kier alpha value is -1.92. The predicted molar refractivity (Wildman–Crippen MR) is 126 cm³/mol. The van der Waals surface area contributed by atoms with Gasteiger partial charge in [-0.25, -0.2) is 0 Å². The Kier molecular flexibility index (Phi) is 6.74. The lowest BCUT2D eigenvalue weighted by Crippen LogP contribution is -2.47. The van der Waals surface area contributed by atoms with E-state index in [1.54, 1.807) is 0 Å². The van der Waals surface area contributed by atoms with Gasteiger partial charge in [0.1, 0.15) is 0 Å². The number of nitrogens with zero attached hydrogens (tertiary/aromatic N) is 1. The first kappa shape index (κ1) is 21.3. The smallest absolute Gasteiger partial charge is 0.253 e. The first-order valence-corrected chi connectivity index (χ1v) is 11.7. The molecule has 162 valence electrons. The Labute approximate surface area is 184 Å². The van der Waals surface area contributed by atoms with Crippen LogP contribution in [-0.4, -0.2) is 40.3 Å². The second kappa shape index (κ2) is 9.48. The summed E-state index contributed by atoms with van der Waals surface area (Å²) in [6, 6.07) is 6.70. The van der Waals surface area contributed by atoms with Crippen molar-refractivity contribution in [2.24, 2.45) is 0 Å². The van der Waals surface area contributed by atoms with E-state index >= 15 is 0 Å². The van der Waals surface area contributed by atoms with Crippen molar-refractivity contribution in [2.45, 2.75) is 77.5 Å². The molecule has 1 aliphatic heterocycles. The molecular formula is C24H33N3O2S. The molecule has 1 saturated carbocycles. The summed E-state index contributed by atoms with van der Waals surface area (Å²) in [5.41, 5.74) is 3.93. The summed E-state index contributed by atoms with van der Waals surface area (Å²) in [4.78, 5) is 18.1. The summed E-state index contributed by atoms with van der Waals surface area (Å²) in [5.74, 6) is 0. The molecule has 1 aromatic carbocycles. The van der Waals surface area contributed by atoms with Gasteiger partial charge in [0.05, 0.1) is 18.2 Å². The lowest BCUT2D eigenvalue weighted by atomic mass is 9.96. The highest BCUT2D eigenvalue weighted by molar-refractivity contribution is 7.80. The average Bonchev–Trinajstić information content (AvgIpc) is 3.22. The second-order valence-electron chi connectivity index (χ2n) is 8.97. The average molecular weight is 428 g/mol. The molecule has 0 amide bonds. The van der Waals surface area contributed by atoms with E-state index in [1.165, 1.54) is 37.7 Å². The molecule has 5 nitrogen and oxygen atoms in total. The lowest BCUT2D eigenvalue weighted by molar-refractivity contribution is 0.0894. The molecule has 0 spiro atoms. The van der Waals surface area contributed by atoms with Gasteiger partial charge in [-0.05, 0) is 74.8 Å². The van der Waals surface area contributed by atoms with E-state index in [9.17, 15) is 4.79 Å². The third-order valence-electron chi connectivity index (χ3n) is 6.40. The highest BCUT2D eigenvalue weighted by Gasteiger charge is 2.24. The zero-order valence-corrected chi connectivity index (χ0v) is 18.9. The number of ether oxygens (including phenoxy) is 1. The third-order valence-corrected chi connectivity index (χ3v) is 6.78. The highest BCUT2D eigenvalue weighted by Crippen LogP contribution is 2.21. The lowest BCUT2D eigenvalue weighted by Gasteiger charge is -2.32. The van der Waals surface area contributed by atoms with Crippen molar-refractivity contribution >= 4 is 28.2 Å². The highest BCUT2D eigenvalue weighted by atomic mass is 32.1. The first-order valence-electron chi connectivity index (χ1n) is 11.3. The Morgan fingerprint density at radius 2 is 1.97 bits per heavy atom. The summed E-state index contributed by atoms with van der Waals surface area (Å²) in [6.45, 7) is 6.16. The van der Waals surface area contributed by atoms with Gasteiger partial charge in [0.15, 0.2) is 5.11 Å². The van der Waals surface area contributed by atoms with E-state index in [0.29, 0.717) is 12.6 Å². The van der Waals surface area contributed by atoms with Crippen LogP contribution in [0.2, 0.25) is 0 Å². The van der Waals surface area contributed by atoms with Crippen LogP contribution in [0.4, 0.5) is 0 Å². The van der Waals surface area contributed by atoms with Gasteiger partial charge in [-0.3, -0.25) is 4.79 Å². The second-order valence-corrected chi connectivity index (χ2v) is 9.36. The fraction of sp³-hybridized carbons (Fsp3) is 0.583. The molecule has 2 fully saturated rings. The van der Waals surface area contributed by atoms with Crippen molar-refractivity contribution in [3.8, 4) is 0 Å². The van der Waals surface area contributed by atoms with Crippen molar-refractivity contribution in [3.05, 3.63) is 45.2 Å². The number of benzene rings is 1. The minimum absolute atomic E-state index is 0.0349. The van der Waals surface area contributed by atoms with Gasteiger partial charge in [0.25, 0.3) is 5.56 Å². The van der Waals surface area contributed by atoms with E-state index < -0.39 is 0 Å². The molecule has 1 atom stereocenters. The number of pyridine rings is 1. The van der Waals surface area contributed by atoms with Crippen LogP contribution in [0.25, 0.3) is 10.9 Å². The van der Waals surface area contributed by atoms with Gasteiger partial charge < -0.3 is 19.9 Å². The number of aromatic amines is 1. The summed E-state index contributed by atoms with van der Waals surface area (Å²) >= 11 is 5.82. The monoisotopic (exact) mass is 427 g/mol. The van der Waals surface area contributed by atoms with E-state index in [1.807, 2.05) is 13.0 Å². The van der Waals surface area contributed by atoms with Gasteiger partial charge in [0.2, 0.25) is 0 Å². The number of thiocarbonyl (C=S) groups is 1. The molecule has 2 aliphatic rings. The molecule has 2 N–H and O–H groups in total. The molecule has 30 heavy (non-hydrogen) atoms. The topological polar surface area (TPSA) is 57.4 Å². The van der Waals surface area contributed by atoms with Gasteiger partial charge >= 0.3 is 0 Å². The minimum atomic E-state index is -0.0349. The van der Waals surface area contributed by atoms with Crippen molar-refractivity contribution in [3.63, 3.8) is 0 Å². The number of fused-ring (bicyclic) bond motifs is 1. The van der Waals surface area contributed by atoms with Crippen molar-refractivity contribution in [1.29, 1.82) is 0 Å². The fourth-order valence-corrected chi connectivity index (χ4v) is 5.13. The van der Waals surface area contributed by atoms with Gasteiger partial charge in [0, 0.05) is 24.8 Å². The van der Waals surface area contributed by atoms with E-state index in [2.05, 4.69) is 34.3 Å². The van der Waals surface area contributed by atoms with Crippen LogP contribution in [-0.2, 0) is 11.3 Å². The number of nitrogens with one attached hydrogen (secondary N) is 2. The predicted octanol–water partition coefficient (Wildman–Crippen LogP) is 4.33. The largest absolute Gasteiger partial charge is 0.376 e. The number of aryl methyl sites for hydroxylation is 2. The summed E-state index contributed by atoms with van der Waals surface area (Å²) in [5, 5.41) is 5.40. The first-order chi connectivity index (χ1) is 14.5. The zero-order chi connectivity index (χ0) is 21.1. The van der Waals surface area contributed by atoms with Crippen LogP contribution in [0.15, 0.2) is 23.0 Å². The maximum absolute atomic E-state index is 12.9. The van der Waals surface area contributed by atoms with E-state index in [-0.39, 0.29) is 11.7 Å². The van der Waals surface area contributed by atoms with Crippen LogP contribution in [0.1, 0.15) is 61.6 Å². The molecule has 4 rings (SSSR count). The normalized spacial score (nSPS) is 19.9. The molecule has 0 radical (unpaired) electrons. The quantitative estimate of drug-likeness (QED) is 0.696. The van der Waals surface area contributed by atoms with E-state index in [4.69, 9.17) is 17.0 Å². The molecule has 1 saturated heterocycles. The molecule has 6 heteroatoms. The zero-order valence-electron chi connectivity index (χ0n) is 18.1. The summed E-state index contributed by atoms with van der Waals surface area (Å²) in [6.07, 6.45) is 8.50. The van der Waals surface area contributed by atoms with Crippen LogP contribution >= 0.6 is 12.2 Å². The standard InChI is InChI=1S/C24H33N3O2S/c1-16-11-17(2)22-18(12-16)13-19(23(28)26-22)14-27(15-21-9-6-10-29-21)24(30)25-20-7-4-3-5-8-20/h11-13,20-21H,3-10,14-15H2,1-2H3,(H,25,30)(H,26,28)/t21-/m1/s1. The van der Waals surface area contributed by atoms with Crippen molar-refractivity contribution in [2.75, 3.05) is 13.2 Å². The number of aromatic nitrogens is 1. The molecule has 0 unspecified atom stereocenters. The Morgan fingerprint density at radius 1 is 1.17 bits per heavy atom. The Bertz CT molecular complexity index is 959. The van der Waals surface area contributed by atoms with Gasteiger partial charge in [-0.15, -0.1) is 0 Å². The van der Waals surface area contributed by atoms with Crippen molar-refractivity contribution in [1.82, 2.24) is 15.2 Å². The SMILES string of the molecule is Cc1cc(C)c2[nH]c(=O)c(CN(C[C@H]3CCCO3)C(=S)NC3CCCCC3)cc2c1. The van der Waals surface area contributed by atoms with Crippen LogP contribution in [0.3, 0.4) is 0 Å². The van der Waals surface area contributed by atoms with Crippen molar-refractivity contribution < 1.29 is 4.74 Å². The van der Waals surface area contributed by atoms with Gasteiger partial charge in [-0.1, -0.05) is 30.9 Å². The molecular weight excluding hydrogens is 394 g/mol. The maximum atomic E-state index is 12.9. The summed E-state index contributed by atoms with van der Waals surface area (Å²) in [7, 11) is 0. The summed E-state index contributed by atoms with van der Waals surface area (Å²) < 4.78 is 5.88. The number of hydrogen-bond acceptors (Lipinski definition) is 3. The fourth-order valence-electron chi connectivity index (χ4n) is 4.82. The molecule has 2 aromatic rings. The Balaban J connectivity index is 1.57. The third kappa shape index (κ3) is 5.03. The molecule has 1 aromatic heterocycles. The minimum Gasteiger partial charge on any atom is -0.376 e. The van der Waals surface area contributed by atoms with Crippen LogP contribution < -0.4 is 10.9 Å².